The summed E-state index contributed by atoms with van der Waals surface area (Å²) in [4.78, 5) is 0. The highest BCUT2D eigenvalue weighted by molar-refractivity contribution is 5.23. The molecule has 2 N–H and O–H groups in total. The third-order valence-electron chi connectivity index (χ3n) is 2.31. The SMILES string of the molecule is CCCCCC(C)n1ccc(N)n1. The molecule has 3 nitrogen and oxygen atoms in total. The van der Waals surface area contributed by atoms with E-state index in [2.05, 4.69) is 18.9 Å². The normalized spacial score (nSPS) is 13.1. The minimum Gasteiger partial charge on any atom is -0.382 e. The molecule has 0 amide bonds. The summed E-state index contributed by atoms with van der Waals surface area (Å²) >= 11 is 0. The topological polar surface area (TPSA) is 43.8 Å². The molecule has 1 rings (SSSR count). The van der Waals surface area contributed by atoms with Crippen molar-refractivity contribution in [2.24, 2.45) is 0 Å². The van der Waals surface area contributed by atoms with Gasteiger partial charge in [-0.1, -0.05) is 26.2 Å². The van der Waals surface area contributed by atoms with Crippen molar-refractivity contribution in [3.05, 3.63) is 12.3 Å². The Morgan fingerprint density at radius 1 is 1.54 bits per heavy atom. The molecule has 3 heteroatoms. The molecule has 0 aliphatic heterocycles. The summed E-state index contributed by atoms with van der Waals surface area (Å²) < 4.78 is 1.95. The zero-order valence-electron chi connectivity index (χ0n) is 8.53. The van der Waals surface area contributed by atoms with Crippen molar-refractivity contribution in [1.82, 2.24) is 9.78 Å². The standard InChI is InChI=1S/C10H19N3/c1-3-4-5-6-9(2)13-8-7-10(11)12-13/h7-9H,3-6H2,1-2H3,(H2,11,12). The van der Waals surface area contributed by atoms with Crippen molar-refractivity contribution in [2.75, 3.05) is 5.73 Å². The van der Waals surface area contributed by atoms with Crippen LogP contribution in [-0.2, 0) is 0 Å². The van der Waals surface area contributed by atoms with Crippen LogP contribution in [0.2, 0.25) is 0 Å². The van der Waals surface area contributed by atoms with E-state index >= 15 is 0 Å². The first-order valence-corrected chi connectivity index (χ1v) is 5.04. The summed E-state index contributed by atoms with van der Waals surface area (Å²) in [6.07, 6.45) is 6.99. The minimum absolute atomic E-state index is 0.476. The van der Waals surface area contributed by atoms with Gasteiger partial charge in [-0.2, -0.15) is 5.10 Å². The van der Waals surface area contributed by atoms with Gasteiger partial charge in [-0.15, -0.1) is 0 Å². The van der Waals surface area contributed by atoms with Gasteiger partial charge in [0.2, 0.25) is 0 Å². The number of unbranched alkanes of at least 4 members (excludes halogenated alkanes) is 2. The molecule has 1 aromatic heterocycles. The molecule has 0 spiro atoms. The Morgan fingerprint density at radius 3 is 2.85 bits per heavy atom. The fourth-order valence-corrected chi connectivity index (χ4v) is 1.42. The highest BCUT2D eigenvalue weighted by atomic mass is 15.3. The van der Waals surface area contributed by atoms with Crippen molar-refractivity contribution < 1.29 is 0 Å². The lowest BCUT2D eigenvalue weighted by atomic mass is 10.1. The van der Waals surface area contributed by atoms with E-state index in [4.69, 9.17) is 5.73 Å². The third-order valence-corrected chi connectivity index (χ3v) is 2.31. The second-order valence-electron chi connectivity index (χ2n) is 3.57. The average molecular weight is 181 g/mol. The largest absolute Gasteiger partial charge is 0.382 e. The van der Waals surface area contributed by atoms with Crippen LogP contribution in [-0.4, -0.2) is 9.78 Å². The predicted molar refractivity (Wildman–Crippen MR) is 55.5 cm³/mol. The van der Waals surface area contributed by atoms with Crippen LogP contribution >= 0.6 is 0 Å². The van der Waals surface area contributed by atoms with Crippen LogP contribution in [0.15, 0.2) is 12.3 Å². The van der Waals surface area contributed by atoms with Crippen molar-refractivity contribution in [2.45, 2.75) is 45.6 Å². The Labute approximate surface area is 79.9 Å². The molecule has 0 saturated carbocycles. The van der Waals surface area contributed by atoms with Gasteiger partial charge in [-0.25, -0.2) is 0 Å². The molecule has 1 heterocycles. The van der Waals surface area contributed by atoms with Crippen molar-refractivity contribution in [1.29, 1.82) is 0 Å². The van der Waals surface area contributed by atoms with E-state index in [0.717, 1.165) is 0 Å². The number of hydrogen-bond acceptors (Lipinski definition) is 2. The van der Waals surface area contributed by atoms with Crippen LogP contribution in [0, 0.1) is 0 Å². The molecule has 1 unspecified atom stereocenters. The zero-order valence-corrected chi connectivity index (χ0v) is 8.53. The summed E-state index contributed by atoms with van der Waals surface area (Å²) in [5, 5.41) is 4.18. The molecule has 1 aromatic rings. The molecule has 74 valence electrons. The average Bonchev–Trinajstić information content (AvgIpc) is 2.52. The van der Waals surface area contributed by atoms with Gasteiger partial charge in [0.15, 0.2) is 0 Å². The second kappa shape index (κ2) is 4.90. The summed E-state index contributed by atoms with van der Waals surface area (Å²) in [7, 11) is 0. The van der Waals surface area contributed by atoms with E-state index in [-0.39, 0.29) is 0 Å². The summed E-state index contributed by atoms with van der Waals surface area (Å²) in [6, 6.07) is 2.32. The Hall–Kier alpha value is -0.990. The lowest BCUT2D eigenvalue weighted by molar-refractivity contribution is 0.440. The molecule has 0 bridgehead atoms. The monoisotopic (exact) mass is 181 g/mol. The van der Waals surface area contributed by atoms with Gasteiger partial charge in [-0.05, 0) is 19.4 Å². The Kier molecular flexibility index (Phi) is 3.80. The number of nitrogen functional groups attached to an aromatic ring is 1. The molecule has 1 atom stereocenters. The van der Waals surface area contributed by atoms with Crippen LogP contribution < -0.4 is 5.73 Å². The quantitative estimate of drug-likeness (QED) is 0.709. The van der Waals surface area contributed by atoms with Gasteiger partial charge in [-0.3, -0.25) is 4.68 Å². The van der Waals surface area contributed by atoms with Crippen molar-refractivity contribution in [3.63, 3.8) is 0 Å². The predicted octanol–water partition coefficient (Wildman–Crippen LogP) is 2.61. The first-order chi connectivity index (χ1) is 6.24. The first-order valence-electron chi connectivity index (χ1n) is 5.04. The third kappa shape index (κ3) is 3.09. The van der Waals surface area contributed by atoms with Gasteiger partial charge < -0.3 is 5.73 Å². The maximum absolute atomic E-state index is 5.54. The first kappa shape index (κ1) is 10.1. The molecule has 0 aliphatic rings. The molecular weight excluding hydrogens is 162 g/mol. The van der Waals surface area contributed by atoms with Gasteiger partial charge in [0.05, 0.1) is 0 Å². The second-order valence-corrected chi connectivity index (χ2v) is 3.57. The fraction of sp³-hybridized carbons (Fsp3) is 0.700. The van der Waals surface area contributed by atoms with Crippen molar-refractivity contribution >= 4 is 5.82 Å². The Morgan fingerprint density at radius 2 is 2.31 bits per heavy atom. The van der Waals surface area contributed by atoms with Crippen LogP contribution in [0.1, 0.15) is 45.6 Å². The van der Waals surface area contributed by atoms with Crippen LogP contribution in [0.3, 0.4) is 0 Å². The molecular formula is C10H19N3. The van der Waals surface area contributed by atoms with Crippen LogP contribution in [0.4, 0.5) is 5.82 Å². The van der Waals surface area contributed by atoms with E-state index in [0.29, 0.717) is 11.9 Å². The minimum atomic E-state index is 0.476. The lowest BCUT2D eigenvalue weighted by Gasteiger charge is -2.10. The maximum atomic E-state index is 5.54. The Bertz CT molecular complexity index is 242. The number of rotatable bonds is 5. The molecule has 0 fully saturated rings. The fourth-order valence-electron chi connectivity index (χ4n) is 1.42. The van der Waals surface area contributed by atoms with Crippen LogP contribution in [0.5, 0.6) is 0 Å². The summed E-state index contributed by atoms with van der Waals surface area (Å²) in [5.41, 5.74) is 5.54. The molecule has 13 heavy (non-hydrogen) atoms. The lowest BCUT2D eigenvalue weighted by Crippen LogP contribution is -2.06. The zero-order chi connectivity index (χ0) is 9.68. The number of hydrogen-bond donors (Lipinski definition) is 1. The van der Waals surface area contributed by atoms with Crippen molar-refractivity contribution in [3.8, 4) is 0 Å². The number of nitrogens with zero attached hydrogens (tertiary/aromatic N) is 2. The smallest absolute Gasteiger partial charge is 0.145 e. The number of anilines is 1. The summed E-state index contributed by atoms with van der Waals surface area (Å²) in [5.74, 6) is 0.613. The summed E-state index contributed by atoms with van der Waals surface area (Å²) in [6.45, 7) is 4.40. The highest BCUT2D eigenvalue weighted by Crippen LogP contribution is 2.14. The van der Waals surface area contributed by atoms with Gasteiger partial charge in [0, 0.05) is 12.2 Å². The van der Waals surface area contributed by atoms with Crippen LogP contribution in [0.25, 0.3) is 0 Å². The van der Waals surface area contributed by atoms with E-state index in [1.807, 2.05) is 16.9 Å². The highest BCUT2D eigenvalue weighted by Gasteiger charge is 2.04. The van der Waals surface area contributed by atoms with Gasteiger partial charge >= 0.3 is 0 Å². The molecule has 0 aliphatic carbocycles. The molecule has 0 radical (unpaired) electrons. The van der Waals surface area contributed by atoms with E-state index in [1.54, 1.807) is 0 Å². The maximum Gasteiger partial charge on any atom is 0.145 e. The van der Waals surface area contributed by atoms with Gasteiger partial charge in [0.25, 0.3) is 0 Å². The molecule has 0 saturated heterocycles. The van der Waals surface area contributed by atoms with Gasteiger partial charge in [0.1, 0.15) is 5.82 Å². The Balaban J connectivity index is 2.35. The number of nitrogens with two attached hydrogens (primary N) is 1. The van der Waals surface area contributed by atoms with E-state index in [1.165, 1.54) is 25.7 Å². The number of aromatic nitrogens is 2. The molecule has 0 aromatic carbocycles. The van der Waals surface area contributed by atoms with E-state index < -0.39 is 0 Å². The van der Waals surface area contributed by atoms with E-state index in [9.17, 15) is 0 Å².